The summed E-state index contributed by atoms with van der Waals surface area (Å²) in [4.78, 5) is 14.4. The van der Waals surface area contributed by atoms with Crippen molar-refractivity contribution in [2.24, 2.45) is 0 Å². The minimum absolute atomic E-state index is 0. The van der Waals surface area contributed by atoms with Gasteiger partial charge in [-0.25, -0.2) is 0 Å². The number of rotatable bonds is 3. The van der Waals surface area contributed by atoms with Crippen molar-refractivity contribution in [1.82, 2.24) is 10.2 Å². The topological polar surface area (TPSA) is 50.8 Å². The van der Waals surface area contributed by atoms with Gasteiger partial charge in [-0.2, -0.15) is 0 Å². The number of carbonyl (C=O) groups excluding carboxylic acids is 1. The van der Waals surface area contributed by atoms with E-state index < -0.39 is 0 Å². The maximum atomic E-state index is 12.4. The van der Waals surface area contributed by atoms with E-state index in [9.17, 15) is 4.79 Å². The van der Waals surface area contributed by atoms with Gasteiger partial charge in [-0.15, -0.1) is 12.4 Å². The Balaban J connectivity index is 0.00000176. The van der Waals surface area contributed by atoms with Crippen LogP contribution < -0.4 is 14.8 Å². The molecule has 1 aromatic carbocycles. The molecule has 6 heteroatoms. The Kier molecular flexibility index (Phi) is 5.91. The minimum atomic E-state index is 0. The number of hydrogen-bond donors (Lipinski definition) is 1. The summed E-state index contributed by atoms with van der Waals surface area (Å²) in [5.41, 5.74) is 0.982. The van der Waals surface area contributed by atoms with Gasteiger partial charge in [0.25, 0.3) is 0 Å². The normalized spacial score (nSPS) is 20.2. The SMILES string of the molecule is CNC1CCCN(C(=O)Cc2ccc3c(c2)OCCO3)C1.Cl. The lowest BCUT2D eigenvalue weighted by Gasteiger charge is -2.32. The fourth-order valence-electron chi connectivity index (χ4n) is 2.92. The molecule has 0 spiro atoms. The number of ether oxygens (including phenoxy) is 2. The summed E-state index contributed by atoms with van der Waals surface area (Å²) in [6, 6.07) is 6.18. The summed E-state index contributed by atoms with van der Waals surface area (Å²) in [6.07, 6.45) is 2.63. The van der Waals surface area contributed by atoms with Crippen LogP contribution in [0.2, 0.25) is 0 Å². The molecule has 1 fully saturated rings. The Morgan fingerprint density at radius 3 is 2.86 bits per heavy atom. The number of carbonyl (C=O) groups is 1. The molecule has 0 aromatic heterocycles. The van der Waals surface area contributed by atoms with Crippen LogP contribution in [0.25, 0.3) is 0 Å². The van der Waals surface area contributed by atoms with Crippen molar-refractivity contribution in [2.45, 2.75) is 25.3 Å². The molecule has 0 aliphatic carbocycles. The number of halogens is 1. The third kappa shape index (κ3) is 3.84. The van der Waals surface area contributed by atoms with E-state index in [1.165, 1.54) is 0 Å². The summed E-state index contributed by atoms with van der Waals surface area (Å²) in [5.74, 6) is 1.70. The minimum Gasteiger partial charge on any atom is -0.486 e. The number of benzene rings is 1. The van der Waals surface area contributed by atoms with Crippen molar-refractivity contribution in [3.05, 3.63) is 23.8 Å². The average Bonchev–Trinajstić information content (AvgIpc) is 2.54. The van der Waals surface area contributed by atoms with Gasteiger partial charge in [0, 0.05) is 19.1 Å². The van der Waals surface area contributed by atoms with Crippen LogP contribution >= 0.6 is 12.4 Å². The fourth-order valence-corrected chi connectivity index (χ4v) is 2.92. The quantitative estimate of drug-likeness (QED) is 0.917. The van der Waals surface area contributed by atoms with Crippen LogP contribution in [0.3, 0.4) is 0 Å². The number of nitrogens with one attached hydrogen (secondary N) is 1. The second kappa shape index (κ2) is 7.70. The van der Waals surface area contributed by atoms with E-state index in [0.717, 1.165) is 43.0 Å². The zero-order valence-electron chi connectivity index (χ0n) is 12.8. The van der Waals surface area contributed by atoms with Crippen molar-refractivity contribution >= 4 is 18.3 Å². The molecule has 2 aliphatic heterocycles. The Labute approximate surface area is 137 Å². The van der Waals surface area contributed by atoms with Crippen molar-refractivity contribution in [2.75, 3.05) is 33.4 Å². The number of nitrogens with zero attached hydrogens (tertiary/aromatic N) is 1. The smallest absolute Gasteiger partial charge is 0.227 e. The van der Waals surface area contributed by atoms with E-state index in [-0.39, 0.29) is 18.3 Å². The summed E-state index contributed by atoms with van der Waals surface area (Å²) >= 11 is 0. The van der Waals surface area contributed by atoms with Crippen LogP contribution in [0.4, 0.5) is 0 Å². The maximum Gasteiger partial charge on any atom is 0.227 e. The first-order valence-corrected chi connectivity index (χ1v) is 7.60. The Morgan fingerprint density at radius 2 is 2.09 bits per heavy atom. The van der Waals surface area contributed by atoms with Crippen molar-refractivity contribution in [1.29, 1.82) is 0 Å². The van der Waals surface area contributed by atoms with Crippen molar-refractivity contribution < 1.29 is 14.3 Å². The van der Waals surface area contributed by atoms with Crippen LogP contribution in [0.15, 0.2) is 18.2 Å². The molecule has 1 unspecified atom stereocenters. The van der Waals surface area contributed by atoms with Gasteiger partial charge in [-0.3, -0.25) is 4.79 Å². The number of amides is 1. The van der Waals surface area contributed by atoms with Gasteiger partial charge in [0.2, 0.25) is 5.91 Å². The van der Waals surface area contributed by atoms with Gasteiger partial charge in [0.05, 0.1) is 6.42 Å². The molecular weight excluding hydrogens is 304 g/mol. The first-order valence-electron chi connectivity index (χ1n) is 7.60. The lowest BCUT2D eigenvalue weighted by atomic mass is 10.0. The van der Waals surface area contributed by atoms with E-state index in [1.807, 2.05) is 30.1 Å². The van der Waals surface area contributed by atoms with E-state index in [2.05, 4.69) is 5.32 Å². The number of likely N-dealkylation sites (tertiary alicyclic amines) is 1. The monoisotopic (exact) mass is 326 g/mol. The van der Waals surface area contributed by atoms with Crippen LogP contribution in [0, 0.1) is 0 Å². The van der Waals surface area contributed by atoms with Gasteiger partial charge in [0.15, 0.2) is 11.5 Å². The Bertz CT molecular complexity index is 524. The van der Waals surface area contributed by atoms with Gasteiger partial charge in [-0.05, 0) is 37.6 Å². The molecule has 1 N–H and O–H groups in total. The molecule has 0 bridgehead atoms. The maximum absolute atomic E-state index is 12.4. The first-order chi connectivity index (χ1) is 10.3. The molecule has 5 nitrogen and oxygen atoms in total. The van der Waals surface area contributed by atoms with Gasteiger partial charge < -0.3 is 19.7 Å². The largest absolute Gasteiger partial charge is 0.486 e. The molecule has 0 saturated carbocycles. The molecule has 1 aromatic rings. The molecule has 2 heterocycles. The third-order valence-corrected chi connectivity index (χ3v) is 4.14. The molecule has 1 saturated heterocycles. The molecule has 1 amide bonds. The number of fused-ring (bicyclic) bond motifs is 1. The van der Waals surface area contributed by atoms with Crippen molar-refractivity contribution in [3.63, 3.8) is 0 Å². The first kappa shape index (κ1) is 16.9. The number of hydrogen-bond acceptors (Lipinski definition) is 4. The standard InChI is InChI=1S/C16H22N2O3.ClH/c1-17-13-3-2-6-18(11-13)16(19)10-12-4-5-14-15(9-12)21-8-7-20-14;/h4-5,9,13,17H,2-3,6-8,10-11H2,1H3;1H. The molecule has 122 valence electrons. The second-order valence-electron chi connectivity index (χ2n) is 5.62. The van der Waals surface area contributed by atoms with Crippen LogP contribution in [-0.2, 0) is 11.2 Å². The zero-order valence-corrected chi connectivity index (χ0v) is 13.7. The lowest BCUT2D eigenvalue weighted by Crippen LogP contribution is -2.47. The van der Waals surface area contributed by atoms with E-state index >= 15 is 0 Å². The van der Waals surface area contributed by atoms with Crippen LogP contribution in [-0.4, -0.2) is 50.2 Å². The molecule has 0 radical (unpaired) electrons. The van der Waals surface area contributed by atoms with Crippen LogP contribution in [0.1, 0.15) is 18.4 Å². The number of likely N-dealkylation sites (N-methyl/N-ethyl adjacent to an activating group) is 1. The predicted octanol–water partition coefficient (Wildman–Crippen LogP) is 1.63. The Hall–Kier alpha value is -1.46. The molecule has 22 heavy (non-hydrogen) atoms. The van der Waals surface area contributed by atoms with E-state index in [1.54, 1.807) is 0 Å². The lowest BCUT2D eigenvalue weighted by molar-refractivity contribution is -0.131. The average molecular weight is 327 g/mol. The highest BCUT2D eigenvalue weighted by Crippen LogP contribution is 2.31. The second-order valence-corrected chi connectivity index (χ2v) is 5.62. The van der Waals surface area contributed by atoms with Crippen molar-refractivity contribution in [3.8, 4) is 11.5 Å². The Morgan fingerprint density at radius 1 is 1.32 bits per heavy atom. The highest BCUT2D eigenvalue weighted by Gasteiger charge is 2.23. The fraction of sp³-hybridized carbons (Fsp3) is 0.562. The highest BCUT2D eigenvalue weighted by atomic mass is 35.5. The third-order valence-electron chi connectivity index (χ3n) is 4.14. The number of piperidine rings is 1. The summed E-state index contributed by atoms with van der Waals surface area (Å²) in [7, 11) is 1.96. The molecule has 3 rings (SSSR count). The highest BCUT2D eigenvalue weighted by molar-refractivity contribution is 5.85. The predicted molar refractivity (Wildman–Crippen MR) is 87.0 cm³/mol. The van der Waals surface area contributed by atoms with Gasteiger partial charge >= 0.3 is 0 Å². The van der Waals surface area contributed by atoms with Crippen LogP contribution in [0.5, 0.6) is 11.5 Å². The van der Waals surface area contributed by atoms with Gasteiger partial charge in [-0.1, -0.05) is 6.07 Å². The molecular formula is C16H23ClN2O3. The van der Waals surface area contributed by atoms with Gasteiger partial charge in [0.1, 0.15) is 13.2 Å². The summed E-state index contributed by atoms with van der Waals surface area (Å²) in [5, 5.41) is 3.26. The van der Waals surface area contributed by atoms with E-state index in [4.69, 9.17) is 9.47 Å². The summed E-state index contributed by atoms with van der Waals surface area (Å²) < 4.78 is 11.1. The molecule has 2 aliphatic rings. The zero-order chi connectivity index (χ0) is 14.7. The summed E-state index contributed by atoms with van der Waals surface area (Å²) in [6.45, 7) is 2.83. The molecule has 1 atom stereocenters. The van der Waals surface area contributed by atoms with E-state index in [0.29, 0.717) is 25.7 Å².